The van der Waals surface area contributed by atoms with Gasteiger partial charge in [0.1, 0.15) is 5.82 Å². The monoisotopic (exact) mass is 420 g/mol. The minimum atomic E-state index is -0.873. The van der Waals surface area contributed by atoms with Crippen molar-refractivity contribution in [1.29, 1.82) is 0 Å². The summed E-state index contributed by atoms with van der Waals surface area (Å²) >= 11 is 1.38. The Balaban J connectivity index is 1.29. The van der Waals surface area contributed by atoms with Gasteiger partial charge in [0.2, 0.25) is 0 Å². The zero-order valence-electron chi connectivity index (χ0n) is 16.1. The van der Waals surface area contributed by atoms with Crippen molar-refractivity contribution in [2.75, 3.05) is 12.3 Å². The number of benzene rings is 2. The number of aliphatic hydroxyl groups excluding tert-OH is 1. The Morgan fingerprint density at radius 3 is 2.23 bits per heavy atom. The number of fused-ring (bicyclic) bond motifs is 1. The summed E-state index contributed by atoms with van der Waals surface area (Å²) in [7, 11) is 0. The number of aromatic nitrogens is 3. The molecule has 2 heterocycles. The first-order chi connectivity index (χ1) is 14.6. The fraction of sp³-hybridized carbons (Fsp3) is 0.273. The van der Waals surface area contributed by atoms with E-state index in [0.717, 1.165) is 29.3 Å². The molecule has 1 N–H and O–H groups in total. The number of carbonyl (C=O) groups excluding carboxylic acids is 2. The lowest BCUT2D eigenvalue weighted by Gasteiger charge is -2.18. The van der Waals surface area contributed by atoms with Crippen molar-refractivity contribution in [3.63, 3.8) is 0 Å². The van der Waals surface area contributed by atoms with E-state index in [1.54, 1.807) is 24.3 Å². The van der Waals surface area contributed by atoms with Crippen LogP contribution in [0.5, 0.6) is 0 Å². The van der Waals surface area contributed by atoms with Crippen molar-refractivity contribution < 1.29 is 14.7 Å². The van der Waals surface area contributed by atoms with Crippen molar-refractivity contribution in [2.45, 2.75) is 30.0 Å². The van der Waals surface area contributed by atoms with Gasteiger partial charge in [0, 0.05) is 17.4 Å². The maximum atomic E-state index is 12.5. The zero-order valence-corrected chi connectivity index (χ0v) is 17.0. The van der Waals surface area contributed by atoms with Crippen LogP contribution in [0.2, 0.25) is 0 Å². The number of imide groups is 1. The van der Waals surface area contributed by atoms with Gasteiger partial charge in [-0.2, -0.15) is 0 Å². The molecule has 30 heavy (non-hydrogen) atoms. The van der Waals surface area contributed by atoms with Crippen LogP contribution in [0.4, 0.5) is 0 Å². The first kappa shape index (κ1) is 19.0. The lowest BCUT2D eigenvalue weighted by atomic mass is 10.1. The Labute approximate surface area is 177 Å². The summed E-state index contributed by atoms with van der Waals surface area (Å²) < 4.78 is 2.04. The predicted octanol–water partition coefficient (Wildman–Crippen LogP) is 2.89. The SMILES string of the molecule is O=C1c2ccccc2C(=O)N1CC(O)CSc1nnc(C2CC2)n1-c1ccccc1. The minimum Gasteiger partial charge on any atom is -0.390 e. The Kier molecular flexibility index (Phi) is 4.88. The molecular formula is C22H20N4O3S. The van der Waals surface area contributed by atoms with E-state index in [0.29, 0.717) is 28.0 Å². The molecule has 8 heteroatoms. The lowest BCUT2D eigenvalue weighted by Crippen LogP contribution is -2.37. The third kappa shape index (κ3) is 3.42. The highest BCUT2D eigenvalue weighted by atomic mass is 32.2. The molecule has 0 radical (unpaired) electrons. The highest BCUT2D eigenvalue weighted by molar-refractivity contribution is 7.99. The summed E-state index contributed by atoms with van der Waals surface area (Å²) in [6.45, 7) is -0.0473. The molecule has 2 amide bonds. The first-order valence-electron chi connectivity index (χ1n) is 9.90. The van der Waals surface area contributed by atoms with Gasteiger partial charge in [-0.05, 0) is 37.1 Å². The summed E-state index contributed by atoms with van der Waals surface area (Å²) in [4.78, 5) is 26.1. The van der Waals surface area contributed by atoms with E-state index in [2.05, 4.69) is 10.2 Å². The second-order valence-corrected chi connectivity index (χ2v) is 8.50. The van der Waals surface area contributed by atoms with E-state index in [-0.39, 0.29) is 18.4 Å². The molecule has 7 nitrogen and oxygen atoms in total. The van der Waals surface area contributed by atoms with Crippen molar-refractivity contribution >= 4 is 23.6 Å². The van der Waals surface area contributed by atoms with E-state index in [1.165, 1.54) is 11.8 Å². The smallest absolute Gasteiger partial charge is 0.261 e. The number of amides is 2. The van der Waals surface area contributed by atoms with Crippen LogP contribution >= 0.6 is 11.8 Å². The molecule has 1 fully saturated rings. The third-order valence-corrected chi connectivity index (χ3v) is 6.37. The number of aliphatic hydroxyl groups is 1. The van der Waals surface area contributed by atoms with Crippen molar-refractivity contribution in [2.24, 2.45) is 0 Å². The molecule has 0 spiro atoms. The number of β-amino-alcohol motifs (C(OH)–C–C–N with tert-alkyl or cyclic N) is 1. The van der Waals surface area contributed by atoms with Gasteiger partial charge in [0.15, 0.2) is 5.16 Å². The van der Waals surface area contributed by atoms with Crippen LogP contribution in [0.25, 0.3) is 5.69 Å². The van der Waals surface area contributed by atoms with E-state index in [9.17, 15) is 14.7 Å². The van der Waals surface area contributed by atoms with Gasteiger partial charge < -0.3 is 5.11 Å². The lowest BCUT2D eigenvalue weighted by molar-refractivity contribution is 0.0567. The Morgan fingerprint density at radius 1 is 0.967 bits per heavy atom. The molecule has 1 unspecified atom stereocenters. The van der Waals surface area contributed by atoms with Crippen molar-refractivity contribution in [1.82, 2.24) is 19.7 Å². The molecule has 1 aromatic heterocycles. The molecule has 2 aliphatic rings. The number of nitrogens with zero attached hydrogens (tertiary/aromatic N) is 4. The number of hydrogen-bond donors (Lipinski definition) is 1. The maximum absolute atomic E-state index is 12.5. The molecular weight excluding hydrogens is 400 g/mol. The van der Waals surface area contributed by atoms with Crippen molar-refractivity contribution in [3.05, 3.63) is 71.5 Å². The summed E-state index contributed by atoms with van der Waals surface area (Å²) in [6.07, 6.45) is 1.35. The van der Waals surface area contributed by atoms with Crippen LogP contribution in [0, 0.1) is 0 Å². The fourth-order valence-electron chi connectivity index (χ4n) is 3.64. The van der Waals surface area contributed by atoms with Gasteiger partial charge in [0.05, 0.1) is 23.8 Å². The van der Waals surface area contributed by atoms with Gasteiger partial charge in [0.25, 0.3) is 11.8 Å². The number of rotatable bonds is 7. The molecule has 1 atom stereocenters. The summed E-state index contributed by atoms with van der Waals surface area (Å²) in [5.74, 6) is 0.948. The standard InChI is InChI=1S/C22H20N4O3S/c27-16(12-25-20(28)17-8-4-5-9-18(17)21(25)29)13-30-22-24-23-19(14-10-11-14)26(22)15-6-2-1-3-7-15/h1-9,14,16,27H,10-13H2. The van der Waals surface area contributed by atoms with Crippen LogP contribution in [0.3, 0.4) is 0 Å². The van der Waals surface area contributed by atoms with E-state index in [1.807, 2.05) is 34.9 Å². The van der Waals surface area contributed by atoms with Gasteiger partial charge >= 0.3 is 0 Å². The Morgan fingerprint density at radius 2 is 1.60 bits per heavy atom. The third-order valence-electron chi connectivity index (χ3n) is 5.29. The van der Waals surface area contributed by atoms with Gasteiger partial charge in [-0.3, -0.25) is 19.1 Å². The van der Waals surface area contributed by atoms with Crippen molar-refractivity contribution in [3.8, 4) is 5.69 Å². The Bertz CT molecular complexity index is 1080. The molecule has 3 aromatic rings. The van der Waals surface area contributed by atoms with Crippen LogP contribution in [-0.2, 0) is 0 Å². The second kappa shape index (κ2) is 7.70. The maximum Gasteiger partial charge on any atom is 0.261 e. The highest BCUT2D eigenvalue weighted by Gasteiger charge is 2.36. The number of carbonyl (C=O) groups is 2. The topological polar surface area (TPSA) is 88.3 Å². The van der Waals surface area contributed by atoms with Gasteiger partial charge in [-0.25, -0.2) is 0 Å². The summed E-state index contributed by atoms with van der Waals surface area (Å²) in [5.41, 5.74) is 1.77. The van der Waals surface area contributed by atoms with Gasteiger partial charge in [-0.1, -0.05) is 42.1 Å². The normalized spacial score (nSPS) is 16.8. The Hall–Kier alpha value is -2.97. The van der Waals surface area contributed by atoms with Crippen LogP contribution in [0.1, 0.15) is 45.3 Å². The predicted molar refractivity (Wildman–Crippen MR) is 112 cm³/mol. The van der Waals surface area contributed by atoms with Crippen LogP contribution in [0.15, 0.2) is 59.8 Å². The molecule has 0 saturated heterocycles. The second-order valence-electron chi connectivity index (χ2n) is 7.52. The number of hydrogen-bond acceptors (Lipinski definition) is 6. The molecule has 152 valence electrons. The number of para-hydroxylation sites is 1. The van der Waals surface area contributed by atoms with Crippen LogP contribution < -0.4 is 0 Å². The molecule has 1 aliphatic carbocycles. The number of thioether (sulfide) groups is 1. The fourth-order valence-corrected chi connectivity index (χ4v) is 4.51. The van der Waals surface area contributed by atoms with E-state index >= 15 is 0 Å². The summed E-state index contributed by atoms with van der Waals surface area (Å²) in [6, 6.07) is 16.7. The molecule has 5 rings (SSSR count). The van der Waals surface area contributed by atoms with E-state index < -0.39 is 6.10 Å². The quantitative estimate of drug-likeness (QED) is 0.467. The molecule has 2 aromatic carbocycles. The largest absolute Gasteiger partial charge is 0.390 e. The molecule has 1 aliphatic heterocycles. The first-order valence-corrected chi connectivity index (χ1v) is 10.9. The minimum absolute atomic E-state index is 0.0473. The average Bonchev–Trinajstić information content (AvgIpc) is 3.49. The molecule has 0 bridgehead atoms. The zero-order chi connectivity index (χ0) is 20.7. The highest BCUT2D eigenvalue weighted by Crippen LogP contribution is 2.41. The summed E-state index contributed by atoms with van der Waals surface area (Å²) in [5, 5.41) is 20.0. The molecule has 1 saturated carbocycles. The average molecular weight is 420 g/mol. The van der Waals surface area contributed by atoms with E-state index in [4.69, 9.17) is 0 Å². The van der Waals surface area contributed by atoms with Gasteiger partial charge in [-0.15, -0.1) is 10.2 Å². The van der Waals surface area contributed by atoms with Crippen LogP contribution in [-0.4, -0.2) is 55.0 Å².